The van der Waals surface area contributed by atoms with Crippen molar-refractivity contribution in [1.82, 2.24) is 0 Å². The minimum absolute atomic E-state index is 0.00945. The van der Waals surface area contributed by atoms with Gasteiger partial charge < -0.3 is 0 Å². The fourth-order valence-electron chi connectivity index (χ4n) is 1.77. The molecular weight excluding hydrogens is 250 g/mol. The van der Waals surface area contributed by atoms with Crippen molar-refractivity contribution in [3.05, 3.63) is 87.8 Å². The minimum atomic E-state index is 0.00945. The second-order valence-electron chi connectivity index (χ2n) is 4.13. The first kappa shape index (κ1) is 13.6. The predicted octanol–water partition coefficient (Wildman–Crippen LogP) is 4.24. The van der Waals surface area contributed by atoms with E-state index in [1.807, 2.05) is 36.4 Å². The monoisotopic (exact) mass is 263 g/mol. The Labute approximate surface area is 117 Å². The summed E-state index contributed by atoms with van der Waals surface area (Å²) in [7, 11) is 0. The van der Waals surface area contributed by atoms with Gasteiger partial charge in [-0.2, -0.15) is 0 Å². The molecule has 0 aliphatic carbocycles. The number of azide groups is 1. The number of ketones is 1. The van der Waals surface area contributed by atoms with E-state index >= 15 is 0 Å². The van der Waals surface area contributed by atoms with Crippen LogP contribution in [0.5, 0.6) is 0 Å². The number of hydrogen-bond acceptors (Lipinski definition) is 2. The van der Waals surface area contributed by atoms with Gasteiger partial charge in [-0.05, 0) is 11.1 Å². The van der Waals surface area contributed by atoms with Gasteiger partial charge in [0, 0.05) is 22.6 Å². The zero-order chi connectivity index (χ0) is 14.2. The molecule has 0 saturated heterocycles. The average molecular weight is 263 g/mol. The molecule has 0 spiro atoms. The Morgan fingerprint density at radius 2 is 1.70 bits per heavy atom. The van der Waals surface area contributed by atoms with Gasteiger partial charge in [0.2, 0.25) is 0 Å². The summed E-state index contributed by atoms with van der Waals surface area (Å²) in [5.41, 5.74) is 10.5. The molecule has 0 aliphatic heterocycles. The van der Waals surface area contributed by atoms with Crippen LogP contribution in [0.1, 0.15) is 21.5 Å². The van der Waals surface area contributed by atoms with E-state index in [0.29, 0.717) is 17.7 Å². The molecule has 2 aromatic rings. The molecule has 0 amide bonds. The van der Waals surface area contributed by atoms with Crippen LogP contribution in [0.15, 0.2) is 65.8 Å². The van der Waals surface area contributed by atoms with Crippen molar-refractivity contribution in [1.29, 1.82) is 0 Å². The third kappa shape index (κ3) is 3.57. The van der Waals surface area contributed by atoms with Crippen molar-refractivity contribution in [3.63, 3.8) is 0 Å². The zero-order valence-corrected chi connectivity index (χ0v) is 10.8. The summed E-state index contributed by atoms with van der Waals surface area (Å²) >= 11 is 0. The summed E-state index contributed by atoms with van der Waals surface area (Å²) in [4.78, 5) is 14.9. The standard InChI is InChI=1S/C16H13N3O/c17-19-18-12-4-5-13-8-10-15(11-9-13)16(20)14-6-2-1-3-7-14/h1-11H,12H2. The van der Waals surface area contributed by atoms with Gasteiger partial charge in [0.25, 0.3) is 0 Å². The van der Waals surface area contributed by atoms with Crippen LogP contribution >= 0.6 is 0 Å². The maximum absolute atomic E-state index is 12.2. The number of benzene rings is 2. The van der Waals surface area contributed by atoms with Gasteiger partial charge in [0.05, 0.1) is 0 Å². The summed E-state index contributed by atoms with van der Waals surface area (Å²) in [6.07, 6.45) is 3.62. The van der Waals surface area contributed by atoms with Gasteiger partial charge in [0.15, 0.2) is 5.78 Å². The summed E-state index contributed by atoms with van der Waals surface area (Å²) in [6.45, 7) is 0.321. The highest BCUT2D eigenvalue weighted by Gasteiger charge is 2.07. The van der Waals surface area contributed by atoms with E-state index in [-0.39, 0.29) is 5.78 Å². The lowest BCUT2D eigenvalue weighted by atomic mass is 10.0. The van der Waals surface area contributed by atoms with Crippen molar-refractivity contribution >= 4 is 11.9 Å². The van der Waals surface area contributed by atoms with Crippen molar-refractivity contribution in [3.8, 4) is 0 Å². The first-order chi connectivity index (χ1) is 9.81. The number of carbonyl (C=O) groups is 1. The average Bonchev–Trinajstić information content (AvgIpc) is 2.52. The molecule has 0 radical (unpaired) electrons. The van der Waals surface area contributed by atoms with Crippen molar-refractivity contribution in [2.24, 2.45) is 5.11 Å². The van der Waals surface area contributed by atoms with Gasteiger partial charge in [-0.15, -0.1) is 0 Å². The lowest BCUT2D eigenvalue weighted by molar-refractivity contribution is 0.103. The third-order valence-corrected chi connectivity index (χ3v) is 2.77. The SMILES string of the molecule is [N-]=[N+]=NCC=Cc1ccc(C(=O)c2ccccc2)cc1. The van der Waals surface area contributed by atoms with Crippen LogP contribution in [0.25, 0.3) is 16.5 Å². The van der Waals surface area contributed by atoms with Crippen LogP contribution in [0, 0.1) is 0 Å². The number of rotatable bonds is 5. The number of hydrogen-bond donors (Lipinski definition) is 0. The number of nitrogens with zero attached hydrogens (tertiary/aromatic N) is 3. The molecule has 0 aliphatic rings. The second-order valence-corrected chi connectivity index (χ2v) is 4.13. The highest BCUT2D eigenvalue weighted by Crippen LogP contribution is 2.11. The Morgan fingerprint density at radius 3 is 2.35 bits per heavy atom. The Kier molecular flexibility index (Phi) is 4.70. The smallest absolute Gasteiger partial charge is 0.193 e. The summed E-state index contributed by atoms with van der Waals surface area (Å²) < 4.78 is 0. The predicted molar refractivity (Wildman–Crippen MR) is 79.4 cm³/mol. The highest BCUT2D eigenvalue weighted by atomic mass is 16.1. The van der Waals surface area contributed by atoms with E-state index in [1.165, 1.54) is 0 Å². The maximum atomic E-state index is 12.2. The lowest BCUT2D eigenvalue weighted by Gasteiger charge is -2.01. The minimum Gasteiger partial charge on any atom is -0.289 e. The van der Waals surface area contributed by atoms with Gasteiger partial charge in [-0.25, -0.2) is 0 Å². The molecule has 4 heteroatoms. The lowest BCUT2D eigenvalue weighted by Crippen LogP contribution is -2.00. The first-order valence-electron chi connectivity index (χ1n) is 6.18. The molecule has 0 heterocycles. The van der Waals surface area contributed by atoms with Gasteiger partial charge in [-0.3, -0.25) is 4.79 Å². The molecule has 0 saturated carbocycles. The summed E-state index contributed by atoms with van der Waals surface area (Å²) in [6, 6.07) is 16.5. The third-order valence-electron chi connectivity index (χ3n) is 2.77. The van der Waals surface area contributed by atoms with E-state index in [2.05, 4.69) is 10.0 Å². The van der Waals surface area contributed by atoms with Crippen molar-refractivity contribution in [2.75, 3.05) is 6.54 Å². The molecule has 0 fully saturated rings. The molecular formula is C16H13N3O. The highest BCUT2D eigenvalue weighted by molar-refractivity contribution is 6.09. The second kappa shape index (κ2) is 6.92. The molecule has 0 bridgehead atoms. The fraction of sp³-hybridized carbons (Fsp3) is 0.0625. The van der Waals surface area contributed by atoms with Gasteiger partial charge >= 0.3 is 0 Å². The number of carbonyl (C=O) groups excluding carboxylic acids is 1. The molecule has 0 atom stereocenters. The van der Waals surface area contributed by atoms with Crippen molar-refractivity contribution < 1.29 is 4.79 Å². The van der Waals surface area contributed by atoms with Crippen LogP contribution in [0.4, 0.5) is 0 Å². The van der Waals surface area contributed by atoms with Gasteiger partial charge in [-0.1, -0.05) is 71.9 Å². The Hall–Kier alpha value is -2.84. The van der Waals surface area contributed by atoms with E-state index in [9.17, 15) is 4.79 Å². The Bertz CT molecular complexity index is 654. The Balaban J connectivity index is 2.10. The molecule has 20 heavy (non-hydrogen) atoms. The summed E-state index contributed by atoms with van der Waals surface area (Å²) in [5, 5.41) is 3.41. The molecule has 0 N–H and O–H groups in total. The molecule has 0 unspecified atom stereocenters. The topological polar surface area (TPSA) is 65.8 Å². The fourth-order valence-corrected chi connectivity index (χ4v) is 1.77. The van der Waals surface area contributed by atoms with E-state index in [0.717, 1.165) is 5.56 Å². The van der Waals surface area contributed by atoms with Crippen LogP contribution in [-0.4, -0.2) is 12.3 Å². The van der Waals surface area contributed by atoms with E-state index in [4.69, 9.17) is 5.53 Å². The van der Waals surface area contributed by atoms with E-state index < -0.39 is 0 Å². The van der Waals surface area contributed by atoms with Crippen LogP contribution in [0.3, 0.4) is 0 Å². The van der Waals surface area contributed by atoms with Gasteiger partial charge in [0.1, 0.15) is 0 Å². The maximum Gasteiger partial charge on any atom is 0.193 e. The van der Waals surface area contributed by atoms with Crippen LogP contribution in [-0.2, 0) is 0 Å². The normalized spacial score (nSPS) is 10.2. The van der Waals surface area contributed by atoms with E-state index in [1.54, 1.807) is 30.3 Å². The first-order valence-corrected chi connectivity index (χ1v) is 6.18. The molecule has 2 rings (SSSR count). The Morgan fingerprint density at radius 1 is 1.05 bits per heavy atom. The van der Waals surface area contributed by atoms with Crippen molar-refractivity contribution in [2.45, 2.75) is 0 Å². The molecule has 98 valence electrons. The molecule has 2 aromatic carbocycles. The zero-order valence-electron chi connectivity index (χ0n) is 10.8. The largest absolute Gasteiger partial charge is 0.289 e. The quantitative estimate of drug-likeness (QED) is 0.344. The van der Waals surface area contributed by atoms with Crippen LogP contribution in [0.2, 0.25) is 0 Å². The van der Waals surface area contributed by atoms with Crippen LogP contribution < -0.4 is 0 Å². The molecule has 0 aromatic heterocycles. The molecule has 4 nitrogen and oxygen atoms in total. The summed E-state index contributed by atoms with van der Waals surface area (Å²) in [5.74, 6) is 0.00945.